The average Bonchev–Trinajstić information content (AvgIpc) is 2.84. The number of hydrogen-bond acceptors (Lipinski definition) is 1. The second-order valence-corrected chi connectivity index (χ2v) is 6.38. The van der Waals surface area contributed by atoms with Crippen molar-refractivity contribution in [3.63, 3.8) is 0 Å². The quantitative estimate of drug-likeness (QED) is 0.517. The summed E-state index contributed by atoms with van der Waals surface area (Å²) in [7, 11) is 0. The third-order valence-corrected chi connectivity index (χ3v) is 5.27. The Morgan fingerprint density at radius 2 is 1.89 bits per heavy atom. The van der Waals surface area contributed by atoms with E-state index in [1.165, 1.54) is 21.7 Å². The van der Waals surface area contributed by atoms with Gasteiger partial charge in [0.1, 0.15) is 5.82 Å². The maximum Gasteiger partial charge on any atom is 0.123 e. The van der Waals surface area contributed by atoms with Gasteiger partial charge in [0.05, 0.1) is 4.83 Å². The number of fused-ring (bicyclic) bond motifs is 1. The SMILES string of the molecule is Cc1ccc(F)cc1C(Br)c1csc2ccccc12. The fourth-order valence-corrected chi connectivity index (χ4v) is 4.28. The molecule has 1 heterocycles. The number of halogens is 2. The molecule has 0 aliphatic heterocycles. The summed E-state index contributed by atoms with van der Waals surface area (Å²) in [5.41, 5.74) is 3.29. The van der Waals surface area contributed by atoms with Crippen LogP contribution < -0.4 is 0 Å². The molecule has 19 heavy (non-hydrogen) atoms. The molecule has 96 valence electrons. The first kappa shape index (κ1) is 12.8. The molecule has 0 spiro atoms. The van der Waals surface area contributed by atoms with Gasteiger partial charge in [-0.2, -0.15) is 0 Å². The minimum absolute atomic E-state index is 0.0272. The van der Waals surface area contributed by atoms with Crippen LogP contribution in [0.4, 0.5) is 4.39 Å². The summed E-state index contributed by atoms with van der Waals surface area (Å²) in [5.74, 6) is -0.190. The van der Waals surface area contributed by atoms with E-state index in [0.717, 1.165) is 11.1 Å². The topological polar surface area (TPSA) is 0 Å². The molecule has 0 N–H and O–H groups in total. The number of thiophene rings is 1. The molecule has 0 fully saturated rings. The predicted octanol–water partition coefficient (Wildman–Crippen LogP) is 5.83. The lowest BCUT2D eigenvalue weighted by Gasteiger charge is -2.13. The smallest absolute Gasteiger partial charge is 0.123 e. The summed E-state index contributed by atoms with van der Waals surface area (Å²) in [4.78, 5) is 0.0272. The van der Waals surface area contributed by atoms with Crippen LogP contribution in [0.15, 0.2) is 47.8 Å². The van der Waals surface area contributed by atoms with E-state index in [0.29, 0.717) is 0 Å². The molecule has 1 aromatic heterocycles. The first-order valence-electron chi connectivity index (χ1n) is 6.03. The number of benzene rings is 2. The van der Waals surface area contributed by atoms with Crippen molar-refractivity contribution >= 4 is 37.4 Å². The van der Waals surface area contributed by atoms with E-state index >= 15 is 0 Å². The van der Waals surface area contributed by atoms with E-state index in [4.69, 9.17) is 0 Å². The van der Waals surface area contributed by atoms with E-state index in [2.05, 4.69) is 33.4 Å². The molecule has 0 bridgehead atoms. The molecule has 3 aromatic rings. The fraction of sp³-hybridized carbons (Fsp3) is 0.125. The predicted molar refractivity (Wildman–Crippen MR) is 83.7 cm³/mol. The van der Waals surface area contributed by atoms with Gasteiger partial charge in [0, 0.05) is 4.70 Å². The lowest BCUT2D eigenvalue weighted by atomic mass is 10.00. The van der Waals surface area contributed by atoms with Gasteiger partial charge in [-0.15, -0.1) is 11.3 Å². The second-order valence-electron chi connectivity index (χ2n) is 4.55. The van der Waals surface area contributed by atoms with Crippen LogP contribution in [0.5, 0.6) is 0 Å². The molecule has 2 aromatic carbocycles. The van der Waals surface area contributed by atoms with Gasteiger partial charge in [0.25, 0.3) is 0 Å². The molecule has 3 rings (SSSR count). The molecule has 0 saturated carbocycles. The maximum atomic E-state index is 13.4. The molecule has 1 unspecified atom stereocenters. The Labute approximate surface area is 124 Å². The van der Waals surface area contributed by atoms with Gasteiger partial charge in [-0.25, -0.2) is 4.39 Å². The lowest BCUT2D eigenvalue weighted by Crippen LogP contribution is -1.96. The van der Waals surface area contributed by atoms with Crippen molar-refractivity contribution < 1.29 is 4.39 Å². The van der Waals surface area contributed by atoms with Crippen molar-refractivity contribution in [1.29, 1.82) is 0 Å². The van der Waals surface area contributed by atoms with Crippen LogP contribution in [0.25, 0.3) is 10.1 Å². The Morgan fingerprint density at radius 1 is 1.11 bits per heavy atom. The average molecular weight is 335 g/mol. The molecule has 1 atom stereocenters. The van der Waals surface area contributed by atoms with Gasteiger partial charge in [-0.3, -0.25) is 0 Å². The first-order valence-corrected chi connectivity index (χ1v) is 7.82. The zero-order chi connectivity index (χ0) is 13.4. The third-order valence-electron chi connectivity index (χ3n) is 3.30. The van der Waals surface area contributed by atoms with Gasteiger partial charge in [-0.1, -0.05) is 40.2 Å². The minimum Gasteiger partial charge on any atom is -0.207 e. The second kappa shape index (κ2) is 5.06. The molecule has 0 amide bonds. The van der Waals surface area contributed by atoms with Crippen molar-refractivity contribution in [2.45, 2.75) is 11.8 Å². The third kappa shape index (κ3) is 2.33. The van der Waals surface area contributed by atoms with Crippen LogP contribution >= 0.6 is 27.3 Å². The van der Waals surface area contributed by atoms with E-state index in [-0.39, 0.29) is 10.6 Å². The highest BCUT2D eigenvalue weighted by atomic mass is 79.9. The Balaban J connectivity index is 2.13. The Morgan fingerprint density at radius 3 is 2.74 bits per heavy atom. The summed E-state index contributed by atoms with van der Waals surface area (Å²) in [6.07, 6.45) is 0. The van der Waals surface area contributed by atoms with Crippen molar-refractivity contribution in [2.75, 3.05) is 0 Å². The molecule has 3 heteroatoms. The molecule has 0 nitrogen and oxygen atoms in total. The Hall–Kier alpha value is -1.19. The Bertz CT molecular complexity index is 732. The molecular formula is C16H12BrFS. The number of hydrogen-bond donors (Lipinski definition) is 0. The van der Waals surface area contributed by atoms with Crippen LogP contribution in [-0.4, -0.2) is 0 Å². The van der Waals surface area contributed by atoms with Crippen LogP contribution in [0.1, 0.15) is 21.5 Å². The fourth-order valence-electron chi connectivity index (χ4n) is 2.25. The summed E-state index contributed by atoms with van der Waals surface area (Å²) in [5, 5.41) is 3.38. The molecule has 0 radical (unpaired) electrons. The first-order chi connectivity index (χ1) is 9.16. The largest absolute Gasteiger partial charge is 0.207 e. The molecule has 0 aliphatic carbocycles. The van der Waals surface area contributed by atoms with E-state index < -0.39 is 0 Å². The summed E-state index contributed by atoms with van der Waals surface area (Å²) in [6, 6.07) is 13.3. The van der Waals surface area contributed by atoms with E-state index in [1.54, 1.807) is 17.4 Å². The number of aryl methyl sites for hydroxylation is 1. The monoisotopic (exact) mass is 334 g/mol. The zero-order valence-corrected chi connectivity index (χ0v) is 12.8. The van der Waals surface area contributed by atoms with Gasteiger partial charge in [0.2, 0.25) is 0 Å². The molecule has 0 saturated heterocycles. The Kier molecular flexibility index (Phi) is 3.42. The van der Waals surface area contributed by atoms with Crippen LogP contribution in [0.3, 0.4) is 0 Å². The summed E-state index contributed by atoms with van der Waals surface area (Å²) in [6.45, 7) is 2.01. The van der Waals surface area contributed by atoms with Crippen LogP contribution in [0, 0.1) is 12.7 Å². The summed E-state index contributed by atoms with van der Waals surface area (Å²) < 4.78 is 14.7. The van der Waals surface area contributed by atoms with E-state index in [9.17, 15) is 4.39 Å². The van der Waals surface area contributed by atoms with Gasteiger partial charge >= 0.3 is 0 Å². The van der Waals surface area contributed by atoms with Gasteiger partial charge in [0.15, 0.2) is 0 Å². The highest BCUT2D eigenvalue weighted by Gasteiger charge is 2.17. The molecular weight excluding hydrogens is 323 g/mol. The van der Waals surface area contributed by atoms with E-state index in [1.807, 2.05) is 25.1 Å². The number of rotatable bonds is 2. The standard InChI is InChI=1S/C16H12BrFS/c1-10-6-7-11(18)8-13(10)16(17)14-9-19-15-5-3-2-4-12(14)15/h2-9,16H,1H3. The highest BCUT2D eigenvalue weighted by molar-refractivity contribution is 9.09. The molecule has 0 aliphatic rings. The van der Waals surface area contributed by atoms with Crippen molar-refractivity contribution in [1.82, 2.24) is 0 Å². The van der Waals surface area contributed by atoms with Crippen molar-refractivity contribution in [3.05, 3.63) is 70.4 Å². The van der Waals surface area contributed by atoms with Crippen LogP contribution in [-0.2, 0) is 0 Å². The summed E-state index contributed by atoms with van der Waals surface area (Å²) >= 11 is 5.44. The van der Waals surface area contributed by atoms with Crippen molar-refractivity contribution in [2.24, 2.45) is 0 Å². The maximum absolute atomic E-state index is 13.4. The van der Waals surface area contributed by atoms with Crippen LogP contribution in [0.2, 0.25) is 0 Å². The minimum atomic E-state index is -0.190. The van der Waals surface area contributed by atoms with Gasteiger partial charge in [-0.05, 0) is 52.6 Å². The lowest BCUT2D eigenvalue weighted by molar-refractivity contribution is 0.625. The number of alkyl halides is 1. The zero-order valence-electron chi connectivity index (χ0n) is 10.4. The highest BCUT2D eigenvalue weighted by Crippen LogP contribution is 2.39. The van der Waals surface area contributed by atoms with Gasteiger partial charge < -0.3 is 0 Å². The van der Waals surface area contributed by atoms with Crippen molar-refractivity contribution in [3.8, 4) is 0 Å². The normalized spacial score (nSPS) is 12.8.